The molecule has 1 aromatic carbocycles. The summed E-state index contributed by atoms with van der Waals surface area (Å²) < 4.78 is 0. The van der Waals surface area contributed by atoms with E-state index in [2.05, 4.69) is 52.1 Å². The number of carbonyl (C=O) groups excluding carboxylic acids is 1. The van der Waals surface area contributed by atoms with Crippen LogP contribution >= 0.6 is 0 Å². The lowest BCUT2D eigenvalue weighted by atomic mass is 10.1. The summed E-state index contributed by atoms with van der Waals surface area (Å²) in [6.45, 7) is 6.61. The van der Waals surface area contributed by atoms with E-state index in [4.69, 9.17) is 0 Å². The highest BCUT2D eigenvalue weighted by Crippen LogP contribution is 2.11. The van der Waals surface area contributed by atoms with Gasteiger partial charge in [-0.15, -0.1) is 0 Å². The molecule has 22 heavy (non-hydrogen) atoms. The van der Waals surface area contributed by atoms with Gasteiger partial charge in [0.05, 0.1) is 11.9 Å². The van der Waals surface area contributed by atoms with E-state index in [1.807, 2.05) is 26.0 Å². The van der Waals surface area contributed by atoms with Gasteiger partial charge >= 0.3 is 6.03 Å². The number of hydrogen-bond donors (Lipinski definition) is 3. The molecule has 116 valence electrons. The predicted octanol–water partition coefficient (Wildman–Crippen LogP) is 3.53. The van der Waals surface area contributed by atoms with Gasteiger partial charge in [0.1, 0.15) is 5.82 Å². The largest absolute Gasteiger partial charge is 0.366 e. The van der Waals surface area contributed by atoms with Gasteiger partial charge in [-0.05, 0) is 38.5 Å². The Kier molecular flexibility index (Phi) is 5.36. The molecule has 0 saturated heterocycles. The third-order valence-corrected chi connectivity index (χ3v) is 3.04. The molecule has 5 nitrogen and oxygen atoms in total. The first-order valence-corrected chi connectivity index (χ1v) is 7.36. The molecule has 0 atom stereocenters. The molecule has 2 rings (SSSR count). The van der Waals surface area contributed by atoms with Crippen molar-refractivity contribution in [3.05, 3.63) is 53.7 Å². The van der Waals surface area contributed by atoms with Crippen molar-refractivity contribution in [2.24, 2.45) is 0 Å². The molecule has 5 heteroatoms. The topological polar surface area (TPSA) is 66.0 Å². The Morgan fingerprint density at radius 3 is 2.45 bits per heavy atom. The van der Waals surface area contributed by atoms with Crippen molar-refractivity contribution in [1.29, 1.82) is 0 Å². The van der Waals surface area contributed by atoms with Crippen molar-refractivity contribution in [2.45, 2.75) is 33.4 Å². The van der Waals surface area contributed by atoms with Crippen LogP contribution in [-0.2, 0) is 6.54 Å². The molecule has 0 unspecified atom stereocenters. The molecule has 2 amide bonds. The molecule has 1 aromatic heterocycles. The summed E-state index contributed by atoms with van der Waals surface area (Å²) in [5, 5.41) is 8.76. The summed E-state index contributed by atoms with van der Waals surface area (Å²) in [6, 6.07) is 11.9. The van der Waals surface area contributed by atoms with Crippen LogP contribution < -0.4 is 16.0 Å². The van der Waals surface area contributed by atoms with Crippen molar-refractivity contribution in [3.63, 3.8) is 0 Å². The number of amides is 2. The summed E-state index contributed by atoms with van der Waals surface area (Å²) in [5.41, 5.74) is 3.11. The molecule has 2 aromatic rings. The Morgan fingerprint density at radius 1 is 1.14 bits per heavy atom. The molecule has 0 spiro atoms. The monoisotopic (exact) mass is 298 g/mol. The van der Waals surface area contributed by atoms with Crippen LogP contribution in [0.3, 0.4) is 0 Å². The molecule has 0 aliphatic carbocycles. The number of nitrogens with zero attached hydrogens (tertiary/aromatic N) is 1. The van der Waals surface area contributed by atoms with Crippen molar-refractivity contribution in [1.82, 2.24) is 10.3 Å². The highest BCUT2D eigenvalue weighted by atomic mass is 16.2. The maximum Gasteiger partial charge on any atom is 0.319 e. The number of benzene rings is 1. The molecule has 1 heterocycles. The van der Waals surface area contributed by atoms with E-state index < -0.39 is 0 Å². The van der Waals surface area contributed by atoms with Crippen LogP contribution in [0.5, 0.6) is 0 Å². The molecular weight excluding hydrogens is 276 g/mol. The Hall–Kier alpha value is -2.56. The minimum Gasteiger partial charge on any atom is -0.366 e. The maximum absolute atomic E-state index is 11.6. The van der Waals surface area contributed by atoms with E-state index in [9.17, 15) is 4.79 Å². The molecule has 0 radical (unpaired) electrons. The summed E-state index contributed by atoms with van der Waals surface area (Å²) in [7, 11) is 0. The molecule has 0 fully saturated rings. The third kappa shape index (κ3) is 5.09. The van der Waals surface area contributed by atoms with E-state index in [1.165, 1.54) is 11.1 Å². The highest BCUT2D eigenvalue weighted by molar-refractivity contribution is 5.89. The average molecular weight is 298 g/mol. The van der Waals surface area contributed by atoms with Crippen molar-refractivity contribution >= 4 is 17.5 Å². The van der Waals surface area contributed by atoms with E-state index in [1.54, 1.807) is 6.20 Å². The second kappa shape index (κ2) is 7.45. The van der Waals surface area contributed by atoms with Crippen LogP contribution in [0.1, 0.15) is 25.0 Å². The second-order valence-electron chi connectivity index (χ2n) is 5.52. The second-order valence-corrected chi connectivity index (χ2v) is 5.52. The minimum absolute atomic E-state index is 0.100. The standard InChI is InChI=1S/C17H22N4O/c1-12(2)20-17(22)21-15-8-9-16(19-11-15)18-10-14-6-4-13(3)5-7-14/h4-9,11-12H,10H2,1-3H3,(H,18,19)(H2,20,21,22). The van der Waals surface area contributed by atoms with E-state index in [0.717, 1.165) is 5.82 Å². The first-order chi connectivity index (χ1) is 10.5. The normalized spacial score (nSPS) is 10.4. The van der Waals surface area contributed by atoms with Gasteiger partial charge in [-0.25, -0.2) is 9.78 Å². The number of pyridine rings is 1. The Balaban J connectivity index is 1.86. The van der Waals surface area contributed by atoms with E-state index in [-0.39, 0.29) is 12.1 Å². The first kappa shape index (κ1) is 15.8. The van der Waals surface area contributed by atoms with Crippen LogP contribution in [0, 0.1) is 6.92 Å². The van der Waals surface area contributed by atoms with Gasteiger partial charge < -0.3 is 16.0 Å². The lowest BCUT2D eigenvalue weighted by molar-refractivity contribution is 0.250. The zero-order chi connectivity index (χ0) is 15.9. The number of hydrogen-bond acceptors (Lipinski definition) is 3. The number of aromatic nitrogens is 1. The number of aryl methyl sites for hydroxylation is 1. The highest BCUT2D eigenvalue weighted by Gasteiger charge is 2.03. The number of anilines is 2. The van der Waals surface area contributed by atoms with E-state index >= 15 is 0 Å². The lowest BCUT2D eigenvalue weighted by Gasteiger charge is -2.10. The molecule has 0 bridgehead atoms. The van der Waals surface area contributed by atoms with Crippen LogP contribution in [0.4, 0.5) is 16.3 Å². The van der Waals surface area contributed by atoms with Crippen molar-refractivity contribution < 1.29 is 4.79 Å². The van der Waals surface area contributed by atoms with Gasteiger partial charge in [0.15, 0.2) is 0 Å². The van der Waals surface area contributed by atoms with Crippen LogP contribution in [0.2, 0.25) is 0 Å². The fourth-order valence-electron chi connectivity index (χ4n) is 1.90. The van der Waals surface area contributed by atoms with Gasteiger partial charge in [-0.1, -0.05) is 29.8 Å². The lowest BCUT2D eigenvalue weighted by Crippen LogP contribution is -2.34. The Labute approximate surface area is 131 Å². The zero-order valence-corrected chi connectivity index (χ0v) is 13.2. The van der Waals surface area contributed by atoms with Gasteiger partial charge in [-0.3, -0.25) is 0 Å². The SMILES string of the molecule is Cc1ccc(CNc2ccc(NC(=O)NC(C)C)cn2)cc1. The summed E-state index contributed by atoms with van der Waals surface area (Å²) >= 11 is 0. The number of nitrogens with one attached hydrogen (secondary N) is 3. The van der Waals surface area contributed by atoms with E-state index in [0.29, 0.717) is 12.2 Å². The quantitative estimate of drug-likeness (QED) is 0.791. The Bertz CT molecular complexity index is 606. The molecule has 0 aliphatic heterocycles. The summed E-state index contributed by atoms with van der Waals surface area (Å²) in [5.74, 6) is 0.774. The minimum atomic E-state index is -0.225. The van der Waals surface area contributed by atoms with Crippen molar-refractivity contribution in [2.75, 3.05) is 10.6 Å². The Morgan fingerprint density at radius 2 is 1.86 bits per heavy atom. The summed E-state index contributed by atoms with van der Waals surface area (Å²) in [4.78, 5) is 15.9. The fraction of sp³-hybridized carbons (Fsp3) is 0.294. The number of carbonyl (C=O) groups is 1. The molecular formula is C17H22N4O. The van der Waals surface area contributed by atoms with Crippen LogP contribution in [0.15, 0.2) is 42.6 Å². The van der Waals surface area contributed by atoms with Gasteiger partial charge in [-0.2, -0.15) is 0 Å². The maximum atomic E-state index is 11.6. The number of rotatable bonds is 5. The van der Waals surface area contributed by atoms with Crippen molar-refractivity contribution in [3.8, 4) is 0 Å². The van der Waals surface area contributed by atoms with Crippen LogP contribution in [0.25, 0.3) is 0 Å². The fourth-order valence-corrected chi connectivity index (χ4v) is 1.90. The molecule has 0 aliphatic rings. The van der Waals surface area contributed by atoms with Gasteiger partial charge in [0.25, 0.3) is 0 Å². The molecule has 3 N–H and O–H groups in total. The zero-order valence-electron chi connectivity index (χ0n) is 13.2. The van der Waals surface area contributed by atoms with Gasteiger partial charge in [0, 0.05) is 12.6 Å². The smallest absolute Gasteiger partial charge is 0.319 e. The first-order valence-electron chi connectivity index (χ1n) is 7.36. The predicted molar refractivity (Wildman–Crippen MR) is 90.0 cm³/mol. The van der Waals surface area contributed by atoms with Gasteiger partial charge in [0.2, 0.25) is 0 Å². The number of urea groups is 1. The molecule has 0 saturated carbocycles. The van der Waals surface area contributed by atoms with Crippen LogP contribution in [-0.4, -0.2) is 17.1 Å². The average Bonchev–Trinajstić information content (AvgIpc) is 2.47. The summed E-state index contributed by atoms with van der Waals surface area (Å²) in [6.07, 6.45) is 1.64. The third-order valence-electron chi connectivity index (χ3n) is 3.04.